The molecule has 2 atom stereocenters. The topological polar surface area (TPSA) is 60.2 Å². The zero-order valence-electron chi connectivity index (χ0n) is 12.3. The summed E-state index contributed by atoms with van der Waals surface area (Å²) in [6, 6.07) is 7.20. The van der Waals surface area contributed by atoms with E-state index in [1.165, 1.54) is 0 Å². The van der Waals surface area contributed by atoms with Gasteiger partial charge >= 0.3 is 0 Å². The molecule has 0 bridgehead atoms. The van der Waals surface area contributed by atoms with Crippen molar-refractivity contribution in [3.8, 4) is 0 Å². The molecule has 0 aliphatic rings. The highest BCUT2D eigenvalue weighted by atomic mass is 32.2. The first kappa shape index (κ1) is 16.2. The molecule has 1 aromatic rings. The van der Waals surface area contributed by atoms with Gasteiger partial charge in [-0.15, -0.1) is 0 Å². The van der Waals surface area contributed by atoms with Crippen molar-refractivity contribution in [1.29, 1.82) is 0 Å². The third kappa shape index (κ3) is 3.80. The summed E-state index contributed by atoms with van der Waals surface area (Å²) in [6.45, 7) is 7.98. The summed E-state index contributed by atoms with van der Waals surface area (Å²) in [5.41, 5.74) is 6.92. The molecule has 0 aromatic heterocycles. The largest absolute Gasteiger partial charge is 0.327 e. The molecule has 0 radical (unpaired) electrons. The summed E-state index contributed by atoms with van der Waals surface area (Å²) >= 11 is 0. The first-order valence-electron chi connectivity index (χ1n) is 6.88. The predicted octanol–water partition coefficient (Wildman–Crippen LogP) is 2.96. The summed E-state index contributed by atoms with van der Waals surface area (Å²) in [5, 5.41) is 0. The van der Waals surface area contributed by atoms with Crippen molar-refractivity contribution in [2.24, 2.45) is 11.7 Å². The van der Waals surface area contributed by atoms with Gasteiger partial charge in [0.1, 0.15) is 0 Å². The lowest BCUT2D eigenvalue weighted by molar-refractivity contribution is 0.429. The van der Waals surface area contributed by atoms with Crippen LogP contribution in [0.4, 0.5) is 0 Å². The maximum atomic E-state index is 12.4. The van der Waals surface area contributed by atoms with E-state index in [0.29, 0.717) is 17.2 Å². The molecule has 0 saturated heterocycles. The Hall–Kier alpha value is -0.870. The Bertz CT molecular complexity index is 499. The van der Waals surface area contributed by atoms with Crippen LogP contribution in [0.1, 0.15) is 45.6 Å². The molecule has 2 N–H and O–H groups in total. The van der Waals surface area contributed by atoms with Crippen molar-refractivity contribution < 1.29 is 8.42 Å². The normalized spacial score (nSPS) is 15.5. The molecular formula is C15H25NO2S. The average molecular weight is 283 g/mol. The van der Waals surface area contributed by atoms with E-state index in [4.69, 9.17) is 5.73 Å². The molecule has 0 spiro atoms. The molecule has 0 heterocycles. The fourth-order valence-corrected chi connectivity index (χ4v) is 4.27. The number of benzene rings is 1. The second-order valence-electron chi connectivity index (χ2n) is 5.49. The molecule has 0 saturated carbocycles. The molecule has 2 unspecified atom stereocenters. The van der Waals surface area contributed by atoms with Gasteiger partial charge in [0, 0.05) is 12.0 Å². The second kappa shape index (κ2) is 6.53. The maximum Gasteiger partial charge on any atom is 0.178 e. The molecule has 3 nitrogen and oxygen atoms in total. The van der Waals surface area contributed by atoms with Gasteiger partial charge in [0.05, 0.1) is 10.6 Å². The Morgan fingerprint density at radius 1 is 1.16 bits per heavy atom. The summed E-state index contributed by atoms with van der Waals surface area (Å²) < 4.78 is 24.7. The van der Waals surface area contributed by atoms with Gasteiger partial charge < -0.3 is 5.73 Å². The van der Waals surface area contributed by atoms with E-state index < -0.39 is 9.84 Å². The molecule has 0 amide bonds. The van der Waals surface area contributed by atoms with E-state index in [1.54, 1.807) is 12.1 Å². The number of hydrogen-bond acceptors (Lipinski definition) is 3. The summed E-state index contributed by atoms with van der Waals surface area (Å²) in [5.74, 6) is 0.550. The fourth-order valence-electron chi connectivity index (χ4n) is 2.67. The van der Waals surface area contributed by atoms with Crippen molar-refractivity contribution in [3.63, 3.8) is 0 Å². The van der Waals surface area contributed by atoms with Crippen molar-refractivity contribution in [2.75, 3.05) is 5.75 Å². The van der Waals surface area contributed by atoms with Crippen LogP contribution in [0, 0.1) is 5.92 Å². The Kier molecular flexibility index (Phi) is 5.56. The summed E-state index contributed by atoms with van der Waals surface area (Å²) in [7, 11) is -3.21. The summed E-state index contributed by atoms with van der Waals surface area (Å²) in [4.78, 5) is 0.452. The van der Waals surface area contributed by atoms with E-state index >= 15 is 0 Å². The Labute approximate surface area is 117 Å². The van der Waals surface area contributed by atoms with Crippen molar-refractivity contribution in [3.05, 3.63) is 29.8 Å². The van der Waals surface area contributed by atoms with E-state index in [2.05, 4.69) is 13.8 Å². The second-order valence-corrected chi connectivity index (χ2v) is 7.56. The lowest BCUT2D eigenvalue weighted by Crippen LogP contribution is -2.30. The van der Waals surface area contributed by atoms with Crippen molar-refractivity contribution in [2.45, 2.75) is 51.0 Å². The van der Waals surface area contributed by atoms with Crippen LogP contribution in [0.3, 0.4) is 0 Å². The average Bonchev–Trinajstić information content (AvgIpc) is 2.28. The smallest absolute Gasteiger partial charge is 0.178 e. The monoisotopic (exact) mass is 283 g/mol. The van der Waals surface area contributed by atoms with Gasteiger partial charge in [0.15, 0.2) is 9.84 Å². The lowest BCUT2D eigenvalue weighted by Gasteiger charge is -2.27. The standard InChI is InChI=1S/C15H25NO2S/c1-5-10-19(17,18)14-9-7-6-8-13(14)15(11(2)3)12(4)16/h6-9,11-12,15H,5,10,16H2,1-4H3. The number of sulfone groups is 1. The van der Waals surface area contributed by atoms with Gasteiger partial charge in [-0.05, 0) is 30.9 Å². The molecule has 108 valence electrons. The minimum absolute atomic E-state index is 0.0582. The molecular weight excluding hydrogens is 258 g/mol. The van der Waals surface area contributed by atoms with Gasteiger partial charge in [-0.3, -0.25) is 0 Å². The Morgan fingerprint density at radius 3 is 2.21 bits per heavy atom. The zero-order valence-corrected chi connectivity index (χ0v) is 13.1. The van der Waals surface area contributed by atoms with Gasteiger partial charge in [-0.1, -0.05) is 39.0 Å². The minimum Gasteiger partial charge on any atom is -0.327 e. The van der Waals surface area contributed by atoms with E-state index in [9.17, 15) is 8.42 Å². The van der Waals surface area contributed by atoms with Gasteiger partial charge in [-0.2, -0.15) is 0 Å². The molecule has 0 aliphatic heterocycles. The summed E-state index contributed by atoms with van der Waals surface area (Å²) in [6.07, 6.45) is 0.626. The number of nitrogens with two attached hydrogens (primary N) is 1. The van der Waals surface area contributed by atoms with Crippen LogP contribution in [0.25, 0.3) is 0 Å². The van der Waals surface area contributed by atoms with Gasteiger partial charge in [-0.25, -0.2) is 8.42 Å². The van der Waals surface area contributed by atoms with Crippen LogP contribution >= 0.6 is 0 Å². The van der Waals surface area contributed by atoms with Crippen molar-refractivity contribution in [1.82, 2.24) is 0 Å². The van der Waals surface area contributed by atoms with Crippen LogP contribution in [0.2, 0.25) is 0 Å². The quantitative estimate of drug-likeness (QED) is 0.873. The number of hydrogen-bond donors (Lipinski definition) is 1. The van der Waals surface area contributed by atoms with Gasteiger partial charge in [0.2, 0.25) is 0 Å². The third-order valence-corrected chi connectivity index (χ3v) is 5.36. The SMILES string of the molecule is CCCS(=O)(=O)c1ccccc1C(C(C)C)C(C)N. The van der Waals surface area contributed by atoms with E-state index in [-0.39, 0.29) is 17.7 Å². The molecule has 1 aromatic carbocycles. The maximum absolute atomic E-state index is 12.4. The third-order valence-electron chi connectivity index (χ3n) is 3.37. The highest BCUT2D eigenvalue weighted by molar-refractivity contribution is 7.91. The molecule has 0 fully saturated rings. The number of rotatable bonds is 6. The lowest BCUT2D eigenvalue weighted by atomic mass is 9.83. The van der Waals surface area contributed by atoms with E-state index in [0.717, 1.165) is 5.56 Å². The van der Waals surface area contributed by atoms with Crippen molar-refractivity contribution >= 4 is 9.84 Å². The van der Waals surface area contributed by atoms with Crippen LogP contribution < -0.4 is 5.73 Å². The molecule has 1 rings (SSSR count). The first-order chi connectivity index (χ1) is 8.81. The molecule has 19 heavy (non-hydrogen) atoms. The predicted molar refractivity (Wildman–Crippen MR) is 80.0 cm³/mol. The molecule has 0 aliphatic carbocycles. The van der Waals surface area contributed by atoms with Crippen LogP contribution in [0.5, 0.6) is 0 Å². The van der Waals surface area contributed by atoms with Gasteiger partial charge in [0.25, 0.3) is 0 Å². The van der Waals surface area contributed by atoms with Crippen LogP contribution in [-0.2, 0) is 9.84 Å². The minimum atomic E-state index is -3.21. The molecule has 4 heteroatoms. The van der Waals surface area contributed by atoms with Crippen LogP contribution in [-0.4, -0.2) is 20.2 Å². The fraction of sp³-hybridized carbons (Fsp3) is 0.600. The first-order valence-corrected chi connectivity index (χ1v) is 8.53. The zero-order chi connectivity index (χ0) is 14.6. The Balaban J connectivity index is 3.37. The van der Waals surface area contributed by atoms with Crippen LogP contribution in [0.15, 0.2) is 29.2 Å². The Morgan fingerprint density at radius 2 is 1.74 bits per heavy atom. The highest BCUT2D eigenvalue weighted by Crippen LogP contribution is 2.32. The highest BCUT2D eigenvalue weighted by Gasteiger charge is 2.27. The van der Waals surface area contributed by atoms with E-state index in [1.807, 2.05) is 26.0 Å².